The monoisotopic (exact) mass is 424 g/mol. The lowest BCUT2D eigenvalue weighted by Gasteiger charge is -2.16. The molecule has 0 amide bonds. The van der Waals surface area contributed by atoms with Crippen LogP contribution in [0.15, 0.2) is 46.8 Å². The summed E-state index contributed by atoms with van der Waals surface area (Å²) in [5, 5.41) is 2.16. The Morgan fingerprint density at radius 1 is 1.13 bits per heavy atom. The van der Waals surface area contributed by atoms with Crippen LogP contribution >= 0.6 is 11.3 Å². The highest BCUT2D eigenvalue weighted by Crippen LogP contribution is 2.34. The molecule has 1 aliphatic rings. The summed E-state index contributed by atoms with van der Waals surface area (Å²) in [6.45, 7) is 5.81. The Hall–Kier alpha value is -2.57. The van der Waals surface area contributed by atoms with E-state index in [1.165, 1.54) is 11.1 Å². The largest absolute Gasteiger partial charge is 0.497 e. The number of hydrogen-bond donors (Lipinski definition) is 0. The molecule has 1 unspecified atom stereocenters. The SMILES string of the molecule is COc1ccc(-c2csc(=Nc3cc(C)ccc3C)n2CC2CCCO2)c(OC)c1. The molecule has 0 aliphatic carbocycles. The highest BCUT2D eigenvalue weighted by Gasteiger charge is 2.20. The maximum atomic E-state index is 5.95. The summed E-state index contributed by atoms with van der Waals surface area (Å²) in [6.07, 6.45) is 2.39. The van der Waals surface area contributed by atoms with Crippen molar-refractivity contribution >= 4 is 17.0 Å². The maximum Gasteiger partial charge on any atom is 0.190 e. The van der Waals surface area contributed by atoms with Crippen molar-refractivity contribution in [2.75, 3.05) is 20.8 Å². The normalized spacial score (nSPS) is 16.8. The van der Waals surface area contributed by atoms with Gasteiger partial charge in [0.05, 0.1) is 38.2 Å². The smallest absolute Gasteiger partial charge is 0.190 e. The van der Waals surface area contributed by atoms with Gasteiger partial charge in [0.1, 0.15) is 11.5 Å². The van der Waals surface area contributed by atoms with E-state index in [1.807, 2.05) is 18.2 Å². The molecule has 0 N–H and O–H groups in total. The van der Waals surface area contributed by atoms with Gasteiger partial charge in [-0.05, 0) is 56.0 Å². The molecule has 0 spiro atoms. The second-order valence-electron chi connectivity index (χ2n) is 7.62. The zero-order chi connectivity index (χ0) is 21.1. The van der Waals surface area contributed by atoms with Gasteiger partial charge in [-0.3, -0.25) is 0 Å². The van der Waals surface area contributed by atoms with Crippen molar-refractivity contribution in [3.05, 3.63) is 57.7 Å². The van der Waals surface area contributed by atoms with E-state index in [9.17, 15) is 0 Å². The molecule has 4 rings (SSSR count). The molecule has 2 heterocycles. The summed E-state index contributed by atoms with van der Waals surface area (Å²) >= 11 is 1.65. The molecule has 1 saturated heterocycles. The van der Waals surface area contributed by atoms with Crippen LogP contribution in [0.2, 0.25) is 0 Å². The van der Waals surface area contributed by atoms with E-state index in [1.54, 1.807) is 25.6 Å². The van der Waals surface area contributed by atoms with Crippen molar-refractivity contribution in [2.45, 2.75) is 39.3 Å². The van der Waals surface area contributed by atoms with E-state index in [-0.39, 0.29) is 6.10 Å². The van der Waals surface area contributed by atoms with Crippen LogP contribution in [0.3, 0.4) is 0 Å². The number of aromatic nitrogens is 1. The van der Waals surface area contributed by atoms with Crippen molar-refractivity contribution in [1.29, 1.82) is 0 Å². The molecule has 5 nitrogen and oxygen atoms in total. The Labute approximate surface area is 181 Å². The van der Waals surface area contributed by atoms with Gasteiger partial charge in [0, 0.05) is 23.6 Å². The van der Waals surface area contributed by atoms with Gasteiger partial charge in [-0.25, -0.2) is 4.99 Å². The fraction of sp³-hybridized carbons (Fsp3) is 0.375. The van der Waals surface area contributed by atoms with E-state index in [0.29, 0.717) is 0 Å². The Bertz CT molecular complexity index is 1090. The Morgan fingerprint density at radius 2 is 2.00 bits per heavy atom. The summed E-state index contributed by atoms with van der Waals surface area (Å²) in [5.41, 5.74) is 5.49. The first-order valence-corrected chi connectivity index (χ1v) is 11.1. The summed E-state index contributed by atoms with van der Waals surface area (Å²) in [6, 6.07) is 12.3. The summed E-state index contributed by atoms with van der Waals surface area (Å²) in [5.74, 6) is 1.56. The van der Waals surface area contributed by atoms with Gasteiger partial charge < -0.3 is 18.8 Å². The van der Waals surface area contributed by atoms with Crippen LogP contribution in [0, 0.1) is 13.8 Å². The molecule has 1 aromatic heterocycles. The molecule has 30 heavy (non-hydrogen) atoms. The first-order chi connectivity index (χ1) is 14.6. The molecule has 0 bridgehead atoms. The lowest BCUT2D eigenvalue weighted by atomic mass is 10.1. The lowest BCUT2D eigenvalue weighted by Crippen LogP contribution is -2.24. The molecule has 0 radical (unpaired) electrons. The fourth-order valence-electron chi connectivity index (χ4n) is 3.76. The molecular weight excluding hydrogens is 396 g/mol. The third kappa shape index (κ3) is 4.30. The van der Waals surface area contributed by atoms with Gasteiger partial charge in [0.15, 0.2) is 4.80 Å². The average Bonchev–Trinajstić information content (AvgIpc) is 3.41. The van der Waals surface area contributed by atoms with Gasteiger partial charge in [-0.15, -0.1) is 11.3 Å². The van der Waals surface area contributed by atoms with Crippen LogP contribution in [-0.4, -0.2) is 31.5 Å². The number of benzene rings is 2. The second kappa shape index (κ2) is 9.06. The van der Waals surface area contributed by atoms with Gasteiger partial charge in [0.2, 0.25) is 0 Å². The number of hydrogen-bond acceptors (Lipinski definition) is 5. The van der Waals surface area contributed by atoms with Crippen molar-refractivity contribution in [2.24, 2.45) is 4.99 Å². The number of nitrogens with zero attached hydrogens (tertiary/aromatic N) is 2. The highest BCUT2D eigenvalue weighted by atomic mass is 32.1. The predicted octanol–water partition coefficient (Wildman–Crippen LogP) is 5.26. The fourth-order valence-corrected chi connectivity index (χ4v) is 4.68. The first kappa shape index (κ1) is 20.7. The molecule has 2 aromatic carbocycles. The molecule has 3 aromatic rings. The number of rotatable bonds is 6. The van der Waals surface area contributed by atoms with Crippen molar-refractivity contribution in [3.63, 3.8) is 0 Å². The van der Waals surface area contributed by atoms with E-state index in [2.05, 4.69) is 42.0 Å². The van der Waals surface area contributed by atoms with Crippen molar-refractivity contribution in [1.82, 2.24) is 4.57 Å². The minimum Gasteiger partial charge on any atom is -0.497 e. The van der Waals surface area contributed by atoms with Crippen LogP contribution in [0.4, 0.5) is 5.69 Å². The minimum absolute atomic E-state index is 0.208. The zero-order valence-corrected chi connectivity index (χ0v) is 18.8. The third-order valence-corrected chi connectivity index (χ3v) is 6.34. The molecular formula is C24H28N2O3S. The van der Waals surface area contributed by atoms with E-state index in [0.717, 1.165) is 59.2 Å². The Balaban J connectivity index is 1.86. The summed E-state index contributed by atoms with van der Waals surface area (Å²) in [4.78, 5) is 6.00. The molecule has 158 valence electrons. The molecule has 0 saturated carbocycles. The average molecular weight is 425 g/mol. The van der Waals surface area contributed by atoms with Gasteiger partial charge in [-0.1, -0.05) is 12.1 Å². The van der Waals surface area contributed by atoms with Crippen LogP contribution in [0.5, 0.6) is 11.5 Å². The van der Waals surface area contributed by atoms with Gasteiger partial charge >= 0.3 is 0 Å². The van der Waals surface area contributed by atoms with E-state index in [4.69, 9.17) is 19.2 Å². The Kier molecular flexibility index (Phi) is 6.25. The van der Waals surface area contributed by atoms with Crippen LogP contribution in [0.1, 0.15) is 24.0 Å². The second-order valence-corrected chi connectivity index (χ2v) is 8.45. The lowest BCUT2D eigenvalue weighted by molar-refractivity contribution is 0.0968. The maximum absolute atomic E-state index is 5.95. The molecule has 1 atom stereocenters. The van der Waals surface area contributed by atoms with E-state index < -0.39 is 0 Å². The molecule has 6 heteroatoms. The van der Waals surface area contributed by atoms with Gasteiger partial charge in [0.25, 0.3) is 0 Å². The van der Waals surface area contributed by atoms with E-state index >= 15 is 0 Å². The van der Waals surface area contributed by atoms with Crippen LogP contribution < -0.4 is 14.3 Å². The summed E-state index contributed by atoms with van der Waals surface area (Å²) in [7, 11) is 3.36. The first-order valence-electron chi connectivity index (χ1n) is 10.2. The number of methoxy groups -OCH3 is 2. The number of thiazole rings is 1. The van der Waals surface area contributed by atoms with Crippen LogP contribution in [-0.2, 0) is 11.3 Å². The van der Waals surface area contributed by atoms with Crippen molar-refractivity contribution < 1.29 is 14.2 Å². The quantitative estimate of drug-likeness (QED) is 0.542. The molecule has 1 fully saturated rings. The van der Waals surface area contributed by atoms with Crippen molar-refractivity contribution in [3.8, 4) is 22.8 Å². The third-order valence-electron chi connectivity index (χ3n) is 5.47. The Morgan fingerprint density at radius 3 is 2.73 bits per heavy atom. The topological polar surface area (TPSA) is 45.0 Å². The molecule has 1 aliphatic heterocycles. The number of ether oxygens (including phenoxy) is 3. The minimum atomic E-state index is 0.208. The van der Waals surface area contributed by atoms with Gasteiger partial charge in [-0.2, -0.15) is 0 Å². The van der Waals surface area contributed by atoms with Crippen LogP contribution in [0.25, 0.3) is 11.3 Å². The zero-order valence-electron chi connectivity index (χ0n) is 18.0. The standard InChI is InChI=1S/C24H28N2O3S/c1-16-7-8-17(2)21(12-16)25-24-26(14-19-6-5-11-29-19)22(15-30-24)20-10-9-18(27-3)13-23(20)28-4/h7-10,12-13,15,19H,5-6,11,14H2,1-4H3. The highest BCUT2D eigenvalue weighted by molar-refractivity contribution is 7.07. The summed E-state index contributed by atoms with van der Waals surface area (Å²) < 4.78 is 19.3. The predicted molar refractivity (Wildman–Crippen MR) is 121 cm³/mol. The number of aryl methyl sites for hydroxylation is 2.